The average Bonchev–Trinajstić information content (AvgIpc) is 3.26. The molecule has 1 atom stereocenters. The molecule has 2 aromatic carbocycles. The van der Waals surface area contributed by atoms with Gasteiger partial charge in [-0.1, -0.05) is 31.7 Å². The lowest BCUT2D eigenvalue weighted by Crippen LogP contribution is -2.32. The van der Waals surface area contributed by atoms with Crippen LogP contribution >= 0.6 is 34.4 Å². The van der Waals surface area contributed by atoms with E-state index < -0.39 is 16.9 Å². The molecule has 0 spiro atoms. The van der Waals surface area contributed by atoms with Gasteiger partial charge in [-0.15, -0.1) is 5.10 Å². The molecule has 33 heavy (non-hydrogen) atoms. The Labute approximate surface area is 207 Å². The van der Waals surface area contributed by atoms with Crippen molar-refractivity contribution in [1.29, 1.82) is 0 Å². The van der Waals surface area contributed by atoms with Gasteiger partial charge in [-0.2, -0.15) is 0 Å². The molecule has 2 amide bonds. The van der Waals surface area contributed by atoms with Crippen molar-refractivity contribution in [3.8, 4) is 0 Å². The summed E-state index contributed by atoms with van der Waals surface area (Å²) in [6.07, 6.45) is 0. The van der Waals surface area contributed by atoms with Crippen LogP contribution < -0.4 is 10.6 Å². The fourth-order valence-corrected chi connectivity index (χ4v) is 3.82. The smallest absolute Gasteiger partial charge is 0.270 e. The molecular formula is C21H21IN6O4S. The number of nitro benzene ring substituents is 1. The maximum Gasteiger partial charge on any atom is 0.270 e. The first-order valence-corrected chi connectivity index (χ1v) is 11.9. The van der Waals surface area contributed by atoms with E-state index in [0.29, 0.717) is 16.7 Å². The third-order valence-electron chi connectivity index (χ3n) is 4.51. The van der Waals surface area contributed by atoms with Crippen LogP contribution in [0.4, 0.5) is 11.4 Å². The summed E-state index contributed by atoms with van der Waals surface area (Å²) in [4.78, 5) is 39.7. The van der Waals surface area contributed by atoms with Crippen molar-refractivity contribution < 1.29 is 14.5 Å². The highest BCUT2D eigenvalue weighted by Gasteiger charge is 2.24. The Bertz CT molecular complexity index is 1150. The number of halogens is 1. The van der Waals surface area contributed by atoms with E-state index in [1.807, 2.05) is 38.1 Å². The number of nitrogens with one attached hydrogen (secondary N) is 3. The van der Waals surface area contributed by atoms with Crippen LogP contribution in [0.3, 0.4) is 0 Å². The number of aromatic amines is 1. The highest BCUT2D eigenvalue weighted by atomic mass is 127. The van der Waals surface area contributed by atoms with Crippen LogP contribution in [-0.2, 0) is 4.79 Å². The number of anilines is 1. The first-order valence-electron chi connectivity index (χ1n) is 9.88. The SMILES string of the molecule is CC(C)[C@H](NC(=O)c1cccc([N+](=O)[O-])c1)c1nc(SCC(=O)Nc2ccc(I)cc2)n[nH]1. The van der Waals surface area contributed by atoms with Crippen LogP contribution in [0.1, 0.15) is 36.1 Å². The fourth-order valence-electron chi connectivity index (χ4n) is 2.86. The molecule has 0 aliphatic heterocycles. The van der Waals surface area contributed by atoms with Gasteiger partial charge in [-0.25, -0.2) is 4.98 Å². The summed E-state index contributed by atoms with van der Waals surface area (Å²) in [7, 11) is 0. The van der Waals surface area contributed by atoms with Gasteiger partial charge in [0.1, 0.15) is 5.82 Å². The summed E-state index contributed by atoms with van der Waals surface area (Å²) in [6, 6.07) is 12.5. The molecule has 10 nitrogen and oxygen atoms in total. The number of non-ortho nitro benzene ring substituents is 1. The number of benzene rings is 2. The second-order valence-electron chi connectivity index (χ2n) is 7.35. The summed E-state index contributed by atoms with van der Waals surface area (Å²) >= 11 is 3.36. The predicted molar refractivity (Wildman–Crippen MR) is 133 cm³/mol. The molecule has 1 aromatic heterocycles. The van der Waals surface area contributed by atoms with Crippen molar-refractivity contribution in [3.63, 3.8) is 0 Å². The minimum absolute atomic E-state index is 0.0392. The predicted octanol–water partition coefficient (Wildman–Crippen LogP) is 4.18. The number of carbonyl (C=O) groups excluding carboxylic acids is 2. The lowest BCUT2D eigenvalue weighted by molar-refractivity contribution is -0.384. The van der Waals surface area contributed by atoms with Crippen molar-refractivity contribution in [2.24, 2.45) is 5.92 Å². The van der Waals surface area contributed by atoms with E-state index in [1.54, 1.807) is 0 Å². The zero-order chi connectivity index (χ0) is 24.0. The molecular weight excluding hydrogens is 559 g/mol. The van der Waals surface area contributed by atoms with E-state index in [-0.39, 0.29) is 28.8 Å². The minimum atomic E-state index is -0.550. The van der Waals surface area contributed by atoms with Crippen LogP contribution in [0.15, 0.2) is 53.7 Å². The number of thioether (sulfide) groups is 1. The fraction of sp³-hybridized carbons (Fsp3) is 0.238. The molecule has 3 rings (SSSR count). The van der Waals surface area contributed by atoms with Crippen molar-refractivity contribution in [1.82, 2.24) is 20.5 Å². The van der Waals surface area contributed by atoms with Crippen LogP contribution in [0, 0.1) is 19.6 Å². The van der Waals surface area contributed by atoms with E-state index in [1.165, 1.54) is 36.0 Å². The summed E-state index contributed by atoms with van der Waals surface area (Å²) in [6.45, 7) is 3.81. The zero-order valence-electron chi connectivity index (χ0n) is 17.7. The van der Waals surface area contributed by atoms with E-state index in [2.05, 4.69) is 48.4 Å². The van der Waals surface area contributed by atoms with Gasteiger partial charge in [0.2, 0.25) is 11.1 Å². The van der Waals surface area contributed by atoms with E-state index in [4.69, 9.17) is 0 Å². The number of carbonyl (C=O) groups is 2. The van der Waals surface area contributed by atoms with Crippen molar-refractivity contribution >= 4 is 57.5 Å². The summed E-state index contributed by atoms with van der Waals surface area (Å²) in [5.41, 5.74) is 0.724. The Morgan fingerprint density at radius 3 is 2.61 bits per heavy atom. The normalized spacial score (nSPS) is 11.8. The molecule has 0 fully saturated rings. The molecule has 0 bridgehead atoms. The molecule has 0 aliphatic carbocycles. The Balaban J connectivity index is 1.61. The standard InChI is InChI=1S/C21H21IN6O4S/c1-12(2)18(24-20(30)13-4-3-5-16(10-13)28(31)32)19-25-21(27-26-19)33-11-17(29)23-15-8-6-14(22)7-9-15/h3-10,12,18H,11H2,1-2H3,(H,23,29)(H,24,30)(H,25,26,27)/t18-/m0/s1. The van der Waals surface area contributed by atoms with Crippen LogP contribution in [0.5, 0.6) is 0 Å². The average molecular weight is 580 g/mol. The number of aromatic nitrogens is 3. The first-order chi connectivity index (χ1) is 15.7. The van der Waals surface area contributed by atoms with E-state index >= 15 is 0 Å². The quantitative estimate of drug-likeness (QED) is 0.149. The van der Waals surface area contributed by atoms with E-state index in [0.717, 1.165) is 3.57 Å². The second kappa shape index (κ2) is 11.2. The Morgan fingerprint density at radius 1 is 1.21 bits per heavy atom. The topological polar surface area (TPSA) is 143 Å². The monoisotopic (exact) mass is 580 g/mol. The second-order valence-corrected chi connectivity index (χ2v) is 9.54. The lowest BCUT2D eigenvalue weighted by Gasteiger charge is -2.19. The molecule has 1 heterocycles. The number of nitrogens with zero attached hydrogens (tertiary/aromatic N) is 3. The third kappa shape index (κ3) is 6.99. The molecule has 3 aromatic rings. The van der Waals surface area contributed by atoms with Crippen LogP contribution in [0.25, 0.3) is 0 Å². The van der Waals surface area contributed by atoms with Gasteiger partial charge in [0, 0.05) is 27.0 Å². The van der Waals surface area contributed by atoms with Gasteiger partial charge < -0.3 is 10.6 Å². The van der Waals surface area contributed by atoms with Crippen molar-refractivity contribution in [2.45, 2.75) is 25.0 Å². The number of hydrogen-bond donors (Lipinski definition) is 3. The highest BCUT2D eigenvalue weighted by molar-refractivity contribution is 14.1. The Morgan fingerprint density at radius 2 is 1.94 bits per heavy atom. The molecule has 0 saturated heterocycles. The summed E-state index contributed by atoms with van der Waals surface area (Å²) in [5.74, 6) is -0.130. The lowest BCUT2D eigenvalue weighted by atomic mass is 10.0. The maximum atomic E-state index is 12.7. The third-order valence-corrected chi connectivity index (χ3v) is 6.08. The van der Waals surface area contributed by atoms with Crippen molar-refractivity contribution in [3.05, 3.63) is 73.6 Å². The summed E-state index contributed by atoms with van der Waals surface area (Å²) < 4.78 is 1.07. The van der Waals surface area contributed by atoms with Crippen LogP contribution in [0.2, 0.25) is 0 Å². The molecule has 172 valence electrons. The van der Waals surface area contributed by atoms with Crippen molar-refractivity contribution in [2.75, 3.05) is 11.1 Å². The maximum absolute atomic E-state index is 12.7. The molecule has 0 aliphatic rings. The molecule has 12 heteroatoms. The highest BCUT2D eigenvalue weighted by Crippen LogP contribution is 2.23. The van der Waals surface area contributed by atoms with Gasteiger partial charge in [0.05, 0.1) is 16.7 Å². The van der Waals surface area contributed by atoms with Gasteiger partial charge in [-0.3, -0.25) is 24.8 Å². The number of amides is 2. The number of H-pyrrole nitrogens is 1. The Kier molecular flexibility index (Phi) is 8.38. The molecule has 3 N–H and O–H groups in total. The molecule has 0 radical (unpaired) electrons. The number of rotatable bonds is 9. The Hall–Kier alpha value is -3.00. The molecule has 0 unspecified atom stereocenters. The number of nitro groups is 1. The van der Waals surface area contributed by atoms with Gasteiger partial charge in [-0.05, 0) is 58.8 Å². The largest absolute Gasteiger partial charge is 0.342 e. The first kappa shape index (κ1) is 24.6. The van der Waals surface area contributed by atoms with Crippen LogP contribution in [-0.4, -0.2) is 37.7 Å². The summed E-state index contributed by atoms with van der Waals surface area (Å²) in [5, 5.41) is 24.0. The minimum Gasteiger partial charge on any atom is -0.342 e. The zero-order valence-corrected chi connectivity index (χ0v) is 20.7. The van der Waals surface area contributed by atoms with E-state index in [9.17, 15) is 19.7 Å². The number of hydrogen-bond acceptors (Lipinski definition) is 7. The van der Waals surface area contributed by atoms with Gasteiger partial charge in [0.15, 0.2) is 0 Å². The van der Waals surface area contributed by atoms with Gasteiger partial charge in [0.25, 0.3) is 11.6 Å². The molecule has 0 saturated carbocycles. The van der Waals surface area contributed by atoms with Gasteiger partial charge >= 0.3 is 0 Å².